The molecule has 0 unspecified atom stereocenters. The minimum absolute atomic E-state index is 0.0544. The summed E-state index contributed by atoms with van der Waals surface area (Å²) >= 11 is 2.76. The molecule has 6 nitrogen and oxygen atoms in total. The molecule has 0 bridgehead atoms. The molecule has 2 heterocycles. The van der Waals surface area contributed by atoms with Crippen molar-refractivity contribution in [3.63, 3.8) is 0 Å². The lowest BCUT2D eigenvalue weighted by Crippen LogP contribution is -2.36. The number of benzene rings is 2. The van der Waals surface area contributed by atoms with Gasteiger partial charge in [0.15, 0.2) is 4.34 Å². The number of nitro groups is 1. The molecule has 2 aromatic carbocycles. The van der Waals surface area contributed by atoms with Crippen LogP contribution in [0.25, 0.3) is 10.2 Å². The van der Waals surface area contributed by atoms with Gasteiger partial charge in [0.25, 0.3) is 5.69 Å². The first-order chi connectivity index (χ1) is 12.6. The first-order valence-electron chi connectivity index (χ1n) is 8.18. The molecular formula is C18H15N3O3S2. The average Bonchev–Trinajstić information content (AvgIpc) is 3.07. The molecule has 0 radical (unpaired) electrons. The standard InChI is InChI=1S/C18H15N3O3S2/c22-17(20-9-3-5-12-4-1-2-6-15(12)20)11-25-18-19-14-8-7-13(21(23)24)10-16(14)26-18/h1-2,4,6-8,10H,3,5,9,11H2. The molecule has 1 amide bonds. The molecule has 26 heavy (non-hydrogen) atoms. The Labute approximate surface area is 158 Å². The predicted molar refractivity (Wildman–Crippen MR) is 104 cm³/mol. The van der Waals surface area contributed by atoms with Crippen molar-refractivity contribution in [2.75, 3.05) is 17.2 Å². The molecule has 0 saturated carbocycles. The zero-order chi connectivity index (χ0) is 18.1. The summed E-state index contributed by atoms with van der Waals surface area (Å²) in [6.45, 7) is 0.739. The van der Waals surface area contributed by atoms with E-state index in [4.69, 9.17) is 0 Å². The van der Waals surface area contributed by atoms with Crippen LogP contribution in [0.2, 0.25) is 0 Å². The van der Waals surface area contributed by atoms with Gasteiger partial charge in [0.05, 0.1) is 20.9 Å². The van der Waals surface area contributed by atoms with Gasteiger partial charge in [0.1, 0.15) is 0 Å². The molecule has 0 fully saturated rings. The Morgan fingerprint density at radius 1 is 1.31 bits per heavy atom. The first-order valence-corrected chi connectivity index (χ1v) is 9.98. The lowest BCUT2D eigenvalue weighted by Gasteiger charge is -2.29. The predicted octanol–water partition coefficient (Wildman–Crippen LogP) is 4.28. The number of hydrogen-bond donors (Lipinski definition) is 0. The number of carbonyl (C=O) groups excluding carboxylic acids is 1. The number of anilines is 1. The van der Waals surface area contributed by atoms with Gasteiger partial charge in [-0.05, 0) is 30.5 Å². The van der Waals surface area contributed by atoms with Crippen LogP contribution in [-0.2, 0) is 11.2 Å². The number of fused-ring (bicyclic) bond motifs is 2. The lowest BCUT2D eigenvalue weighted by atomic mass is 10.0. The summed E-state index contributed by atoms with van der Waals surface area (Å²) in [5.74, 6) is 0.364. The number of aryl methyl sites for hydroxylation is 1. The zero-order valence-corrected chi connectivity index (χ0v) is 15.4. The highest BCUT2D eigenvalue weighted by Crippen LogP contribution is 2.33. The smallest absolute Gasteiger partial charge is 0.270 e. The minimum atomic E-state index is -0.413. The first kappa shape index (κ1) is 17.0. The van der Waals surface area contributed by atoms with Gasteiger partial charge < -0.3 is 4.90 Å². The van der Waals surface area contributed by atoms with Crippen LogP contribution in [0.4, 0.5) is 11.4 Å². The number of amides is 1. The number of nitrogens with zero attached hydrogens (tertiary/aromatic N) is 3. The van der Waals surface area contributed by atoms with Crippen LogP contribution in [0.15, 0.2) is 46.8 Å². The van der Waals surface area contributed by atoms with Crippen molar-refractivity contribution >= 4 is 50.6 Å². The summed E-state index contributed by atoms with van der Waals surface area (Å²) in [5, 5.41) is 10.9. The Bertz CT molecular complexity index is 1000. The van der Waals surface area contributed by atoms with Gasteiger partial charge in [-0.15, -0.1) is 11.3 Å². The summed E-state index contributed by atoms with van der Waals surface area (Å²) in [6, 6.07) is 12.7. The van der Waals surface area contributed by atoms with Crippen molar-refractivity contribution in [3.8, 4) is 0 Å². The van der Waals surface area contributed by atoms with Crippen molar-refractivity contribution in [1.29, 1.82) is 0 Å². The quantitative estimate of drug-likeness (QED) is 0.381. The number of para-hydroxylation sites is 1. The van der Waals surface area contributed by atoms with Crippen molar-refractivity contribution in [2.24, 2.45) is 0 Å². The fourth-order valence-electron chi connectivity index (χ4n) is 3.06. The van der Waals surface area contributed by atoms with E-state index < -0.39 is 4.92 Å². The lowest BCUT2D eigenvalue weighted by molar-refractivity contribution is -0.384. The normalized spacial score (nSPS) is 13.6. The van der Waals surface area contributed by atoms with E-state index in [0.717, 1.165) is 39.6 Å². The molecule has 1 aromatic heterocycles. The molecule has 0 N–H and O–H groups in total. The zero-order valence-electron chi connectivity index (χ0n) is 13.8. The molecule has 0 aliphatic carbocycles. The third-order valence-corrected chi connectivity index (χ3v) is 6.44. The van der Waals surface area contributed by atoms with E-state index in [1.807, 2.05) is 23.1 Å². The van der Waals surface area contributed by atoms with E-state index in [0.29, 0.717) is 5.75 Å². The van der Waals surface area contributed by atoms with Crippen LogP contribution in [0.1, 0.15) is 12.0 Å². The number of aromatic nitrogens is 1. The molecule has 0 spiro atoms. The van der Waals surface area contributed by atoms with Gasteiger partial charge >= 0.3 is 0 Å². The molecule has 132 valence electrons. The van der Waals surface area contributed by atoms with Gasteiger partial charge in [-0.1, -0.05) is 30.0 Å². The Balaban J connectivity index is 1.48. The monoisotopic (exact) mass is 385 g/mol. The minimum Gasteiger partial charge on any atom is -0.311 e. The second-order valence-electron chi connectivity index (χ2n) is 5.96. The molecule has 8 heteroatoms. The number of thioether (sulfide) groups is 1. The van der Waals surface area contributed by atoms with Crippen molar-refractivity contribution < 1.29 is 9.72 Å². The van der Waals surface area contributed by atoms with Gasteiger partial charge in [0.2, 0.25) is 5.91 Å². The molecule has 0 saturated heterocycles. The third kappa shape index (κ3) is 3.30. The fourth-order valence-corrected chi connectivity index (χ4v) is 5.04. The van der Waals surface area contributed by atoms with Gasteiger partial charge in [0, 0.05) is 24.4 Å². The van der Waals surface area contributed by atoms with E-state index in [1.54, 1.807) is 6.07 Å². The van der Waals surface area contributed by atoms with E-state index in [1.165, 1.54) is 40.8 Å². The van der Waals surface area contributed by atoms with Crippen LogP contribution >= 0.6 is 23.1 Å². The van der Waals surface area contributed by atoms with Crippen LogP contribution in [0.3, 0.4) is 0 Å². The summed E-state index contributed by atoms with van der Waals surface area (Å²) in [5.41, 5.74) is 2.99. The van der Waals surface area contributed by atoms with E-state index >= 15 is 0 Å². The third-order valence-electron chi connectivity index (χ3n) is 4.29. The van der Waals surface area contributed by atoms with Crippen LogP contribution in [-0.4, -0.2) is 28.1 Å². The average molecular weight is 385 g/mol. The Morgan fingerprint density at radius 3 is 3.00 bits per heavy atom. The summed E-state index contributed by atoms with van der Waals surface area (Å²) in [4.78, 5) is 29.5. The summed E-state index contributed by atoms with van der Waals surface area (Å²) < 4.78 is 1.51. The Kier molecular flexibility index (Phi) is 4.60. The van der Waals surface area contributed by atoms with E-state index in [-0.39, 0.29) is 11.6 Å². The molecule has 1 aliphatic heterocycles. The van der Waals surface area contributed by atoms with Crippen molar-refractivity contribution in [2.45, 2.75) is 17.2 Å². The topological polar surface area (TPSA) is 76.3 Å². The maximum absolute atomic E-state index is 12.7. The summed E-state index contributed by atoms with van der Waals surface area (Å²) in [7, 11) is 0. The number of nitro benzene ring substituents is 1. The van der Waals surface area contributed by atoms with Gasteiger partial charge in [-0.25, -0.2) is 4.98 Å². The number of rotatable bonds is 4. The van der Waals surface area contributed by atoms with Gasteiger partial charge in [-0.3, -0.25) is 14.9 Å². The number of carbonyl (C=O) groups is 1. The summed E-state index contributed by atoms with van der Waals surface area (Å²) in [6.07, 6.45) is 1.97. The highest BCUT2D eigenvalue weighted by atomic mass is 32.2. The van der Waals surface area contributed by atoms with Crippen molar-refractivity contribution in [1.82, 2.24) is 4.98 Å². The molecule has 4 rings (SSSR count). The van der Waals surface area contributed by atoms with E-state index in [9.17, 15) is 14.9 Å². The van der Waals surface area contributed by atoms with Gasteiger partial charge in [-0.2, -0.15) is 0 Å². The van der Waals surface area contributed by atoms with Crippen molar-refractivity contribution in [3.05, 3.63) is 58.1 Å². The fraction of sp³-hybridized carbons (Fsp3) is 0.222. The largest absolute Gasteiger partial charge is 0.311 e. The highest BCUT2D eigenvalue weighted by Gasteiger charge is 2.22. The molecule has 0 atom stereocenters. The van der Waals surface area contributed by atoms with Crippen LogP contribution in [0.5, 0.6) is 0 Å². The second kappa shape index (κ2) is 7.05. The SMILES string of the molecule is O=C(CSc1nc2ccc([N+](=O)[O-])cc2s1)N1CCCc2ccccc21. The Hall–Kier alpha value is -2.45. The molecular weight excluding hydrogens is 370 g/mol. The number of thiazole rings is 1. The number of hydrogen-bond acceptors (Lipinski definition) is 6. The van der Waals surface area contributed by atoms with Crippen LogP contribution in [0, 0.1) is 10.1 Å². The Morgan fingerprint density at radius 2 is 2.15 bits per heavy atom. The maximum Gasteiger partial charge on any atom is 0.270 e. The van der Waals surface area contributed by atoms with Crippen LogP contribution < -0.4 is 4.90 Å². The molecule has 1 aliphatic rings. The second-order valence-corrected chi connectivity index (χ2v) is 8.21. The molecule has 3 aromatic rings. The van der Waals surface area contributed by atoms with E-state index in [2.05, 4.69) is 11.1 Å². The number of non-ortho nitro benzene ring substituents is 1. The highest BCUT2D eigenvalue weighted by molar-refractivity contribution is 8.01. The maximum atomic E-state index is 12.7.